The van der Waals surface area contributed by atoms with E-state index in [1.54, 1.807) is 62.4 Å². The van der Waals surface area contributed by atoms with Gasteiger partial charge in [0.1, 0.15) is 5.75 Å². The number of nitrogens with zero attached hydrogens (tertiary/aromatic N) is 1. The van der Waals surface area contributed by atoms with Crippen molar-refractivity contribution in [3.63, 3.8) is 0 Å². The molecule has 9 heteroatoms. The first kappa shape index (κ1) is 25.2. The molecule has 0 saturated carbocycles. The second-order valence-electron chi connectivity index (χ2n) is 7.22. The van der Waals surface area contributed by atoms with Crippen LogP contribution in [0.1, 0.15) is 25.3 Å². The van der Waals surface area contributed by atoms with Crippen molar-refractivity contribution in [1.29, 1.82) is 5.26 Å². The van der Waals surface area contributed by atoms with Gasteiger partial charge in [-0.05, 0) is 37.6 Å². The Morgan fingerprint density at radius 3 is 2.59 bits per heavy atom. The molecule has 34 heavy (non-hydrogen) atoms. The minimum absolute atomic E-state index is 0.0205. The average Bonchev–Trinajstić information content (AvgIpc) is 2.83. The molecule has 0 spiro atoms. The van der Waals surface area contributed by atoms with Crippen molar-refractivity contribution in [1.82, 2.24) is 5.32 Å². The molecule has 0 aliphatic carbocycles. The van der Waals surface area contributed by atoms with Crippen LogP contribution in [0.25, 0.3) is 0 Å². The van der Waals surface area contributed by atoms with E-state index in [0.717, 1.165) is 11.8 Å². The van der Waals surface area contributed by atoms with E-state index >= 15 is 0 Å². The van der Waals surface area contributed by atoms with Crippen LogP contribution in [0.3, 0.4) is 0 Å². The third-order valence-corrected chi connectivity index (χ3v) is 6.44. The molecule has 1 amide bonds. The SMILES string of the molecule is CCOC(=O)CSC1=C(C#N)C(c2ccccc2Cl)C(C(=O)Nc2ccccc2OC)=C(C)N1. The molecule has 1 atom stereocenters. The molecule has 2 aromatic carbocycles. The first-order valence-electron chi connectivity index (χ1n) is 10.5. The predicted octanol–water partition coefficient (Wildman–Crippen LogP) is 4.98. The standard InChI is InChI=1S/C25H24ClN3O4S/c1-4-33-21(30)14-34-25-17(13-27)23(16-9-5-6-10-18(16)26)22(15(2)28-25)24(31)29-19-11-7-8-12-20(19)32-3/h5-12,23,28H,4,14H2,1-3H3,(H,29,31). The molecule has 1 heterocycles. The van der Waals surface area contributed by atoms with E-state index in [9.17, 15) is 14.9 Å². The quantitative estimate of drug-likeness (QED) is 0.496. The van der Waals surface area contributed by atoms with Gasteiger partial charge < -0.3 is 20.1 Å². The van der Waals surface area contributed by atoms with Crippen molar-refractivity contribution in [2.45, 2.75) is 19.8 Å². The number of hydrogen-bond acceptors (Lipinski definition) is 7. The molecule has 2 N–H and O–H groups in total. The van der Waals surface area contributed by atoms with Crippen LogP contribution in [-0.2, 0) is 14.3 Å². The maximum Gasteiger partial charge on any atom is 0.316 e. The smallest absolute Gasteiger partial charge is 0.316 e. The van der Waals surface area contributed by atoms with Crippen molar-refractivity contribution in [3.8, 4) is 11.8 Å². The maximum atomic E-state index is 13.5. The lowest BCUT2D eigenvalue weighted by molar-refractivity contribution is -0.139. The lowest BCUT2D eigenvalue weighted by Crippen LogP contribution is -2.31. The summed E-state index contributed by atoms with van der Waals surface area (Å²) in [6.07, 6.45) is 0. The number of halogens is 1. The summed E-state index contributed by atoms with van der Waals surface area (Å²) in [6, 6.07) is 16.4. The molecule has 3 rings (SSSR count). The Kier molecular flexibility index (Phi) is 8.63. The summed E-state index contributed by atoms with van der Waals surface area (Å²) in [5.41, 5.74) is 2.29. The van der Waals surface area contributed by atoms with Crippen molar-refractivity contribution < 1.29 is 19.1 Å². The summed E-state index contributed by atoms with van der Waals surface area (Å²) in [4.78, 5) is 25.5. The van der Waals surface area contributed by atoms with Gasteiger partial charge in [0.25, 0.3) is 5.91 Å². The zero-order valence-electron chi connectivity index (χ0n) is 19.0. The zero-order valence-corrected chi connectivity index (χ0v) is 20.5. The summed E-state index contributed by atoms with van der Waals surface area (Å²) in [5, 5.41) is 17.0. The molecule has 176 valence electrons. The number of rotatable bonds is 8. The van der Waals surface area contributed by atoms with Crippen LogP contribution in [0.5, 0.6) is 5.75 Å². The van der Waals surface area contributed by atoms with Crippen LogP contribution in [0, 0.1) is 11.3 Å². The highest BCUT2D eigenvalue weighted by Crippen LogP contribution is 2.43. The number of amides is 1. The van der Waals surface area contributed by atoms with Crippen molar-refractivity contribution >= 4 is 40.9 Å². The third-order valence-electron chi connectivity index (χ3n) is 5.10. The van der Waals surface area contributed by atoms with Gasteiger partial charge in [0.2, 0.25) is 0 Å². The van der Waals surface area contributed by atoms with E-state index in [4.69, 9.17) is 21.1 Å². The largest absolute Gasteiger partial charge is 0.495 e. The second kappa shape index (κ2) is 11.6. The fourth-order valence-corrected chi connectivity index (χ4v) is 4.75. The first-order chi connectivity index (χ1) is 16.4. The normalized spacial score (nSPS) is 15.3. The lowest BCUT2D eigenvalue weighted by atomic mass is 9.82. The van der Waals surface area contributed by atoms with Gasteiger partial charge in [0.15, 0.2) is 0 Å². The first-order valence-corrected chi connectivity index (χ1v) is 11.9. The molecule has 2 aromatic rings. The van der Waals surface area contributed by atoms with Gasteiger partial charge in [-0.1, -0.05) is 53.7 Å². The van der Waals surface area contributed by atoms with Gasteiger partial charge in [-0.15, -0.1) is 0 Å². The topological polar surface area (TPSA) is 100 Å². The predicted molar refractivity (Wildman–Crippen MR) is 133 cm³/mol. The molecule has 7 nitrogen and oxygen atoms in total. The van der Waals surface area contributed by atoms with E-state index < -0.39 is 17.8 Å². The molecule has 0 radical (unpaired) electrons. The molecule has 0 saturated heterocycles. The minimum Gasteiger partial charge on any atom is -0.495 e. The molecule has 0 fully saturated rings. The summed E-state index contributed by atoms with van der Waals surface area (Å²) >= 11 is 7.67. The Bertz CT molecular complexity index is 1200. The number of para-hydroxylation sites is 2. The van der Waals surface area contributed by atoms with E-state index in [1.165, 1.54) is 7.11 Å². The highest BCUT2D eigenvalue weighted by atomic mass is 35.5. The Morgan fingerprint density at radius 2 is 1.91 bits per heavy atom. The van der Waals surface area contributed by atoms with Gasteiger partial charge in [0, 0.05) is 16.3 Å². The summed E-state index contributed by atoms with van der Waals surface area (Å²) < 4.78 is 10.4. The number of hydrogen-bond donors (Lipinski definition) is 2. The Balaban J connectivity index is 2.05. The van der Waals surface area contributed by atoms with E-state index in [0.29, 0.717) is 38.3 Å². The summed E-state index contributed by atoms with van der Waals surface area (Å²) in [5.74, 6) is -1.00. The number of nitriles is 1. The van der Waals surface area contributed by atoms with Gasteiger partial charge in [0.05, 0.1) is 47.7 Å². The van der Waals surface area contributed by atoms with Crippen LogP contribution in [0.4, 0.5) is 5.69 Å². The number of allylic oxidation sites excluding steroid dienone is 2. The average molecular weight is 498 g/mol. The van der Waals surface area contributed by atoms with Crippen LogP contribution < -0.4 is 15.4 Å². The molecular formula is C25H24ClN3O4S. The highest BCUT2D eigenvalue weighted by Gasteiger charge is 2.36. The van der Waals surface area contributed by atoms with Crippen LogP contribution in [0.15, 0.2) is 70.4 Å². The second-order valence-corrected chi connectivity index (χ2v) is 8.61. The van der Waals surface area contributed by atoms with Crippen LogP contribution in [-0.4, -0.2) is 31.3 Å². The Hall–Kier alpha value is -3.41. The summed E-state index contributed by atoms with van der Waals surface area (Å²) in [7, 11) is 1.52. The van der Waals surface area contributed by atoms with Gasteiger partial charge in [-0.25, -0.2) is 0 Å². The number of carbonyl (C=O) groups excluding carboxylic acids is 2. The maximum absolute atomic E-state index is 13.5. The van der Waals surface area contributed by atoms with E-state index in [1.807, 2.05) is 0 Å². The van der Waals surface area contributed by atoms with Crippen LogP contribution in [0.2, 0.25) is 5.02 Å². The summed E-state index contributed by atoms with van der Waals surface area (Å²) in [6.45, 7) is 3.75. The number of anilines is 1. The van der Waals surface area contributed by atoms with E-state index in [-0.39, 0.29) is 17.9 Å². The fraction of sp³-hybridized carbons (Fsp3) is 0.240. The monoisotopic (exact) mass is 497 g/mol. The fourth-order valence-electron chi connectivity index (χ4n) is 3.62. The molecule has 1 unspecified atom stereocenters. The van der Waals surface area contributed by atoms with Gasteiger partial charge in [-0.2, -0.15) is 5.26 Å². The molecule has 0 bridgehead atoms. The van der Waals surface area contributed by atoms with Gasteiger partial charge in [-0.3, -0.25) is 9.59 Å². The zero-order chi connectivity index (χ0) is 24.7. The Morgan fingerprint density at radius 1 is 1.21 bits per heavy atom. The number of esters is 1. The molecule has 1 aliphatic rings. The highest BCUT2D eigenvalue weighted by molar-refractivity contribution is 8.03. The molecular weight excluding hydrogens is 474 g/mol. The minimum atomic E-state index is -0.737. The number of nitrogens with one attached hydrogen (secondary N) is 2. The van der Waals surface area contributed by atoms with Crippen LogP contribution >= 0.6 is 23.4 Å². The Labute approximate surface area is 207 Å². The molecule has 1 aliphatic heterocycles. The number of dihydropyridines is 1. The van der Waals surface area contributed by atoms with Crippen molar-refractivity contribution in [3.05, 3.63) is 81.0 Å². The number of benzene rings is 2. The number of ether oxygens (including phenoxy) is 2. The van der Waals surface area contributed by atoms with Crippen molar-refractivity contribution in [2.75, 3.05) is 24.8 Å². The lowest BCUT2D eigenvalue weighted by Gasteiger charge is -2.30. The number of methoxy groups -OCH3 is 1. The third kappa shape index (κ3) is 5.56. The van der Waals surface area contributed by atoms with Crippen molar-refractivity contribution in [2.24, 2.45) is 0 Å². The van der Waals surface area contributed by atoms with Gasteiger partial charge >= 0.3 is 5.97 Å². The number of thioether (sulfide) groups is 1. The number of carbonyl (C=O) groups is 2. The molecule has 0 aromatic heterocycles. The van der Waals surface area contributed by atoms with E-state index in [2.05, 4.69) is 16.7 Å².